The van der Waals surface area contributed by atoms with Crippen molar-refractivity contribution in [2.45, 2.75) is 28.4 Å². The molecular weight excluding hydrogens is 462 g/mol. The molecule has 28 heavy (non-hydrogen) atoms. The van der Waals surface area contributed by atoms with E-state index in [2.05, 4.69) is 21.2 Å². The number of phosphoric acid groups is 2. The van der Waals surface area contributed by atoms with Gasteiger partial charge in [-0.25, -0.2) is 13.9 Å². The van der Waals surface area contributed by atoms with Gasteiger partial charge in [-0.15, -0.1) is 0 Å². The third-order valence-corrected chi connectivity index (χ3v) is 5.49. The molecule has 0 aliphatic heterocycles. The van der Waals surface area contributed by atoms with Crippen LogP contribution in [0.25, 0.3) is 0 Å². The van der Waals surface area contributed by atoms with Crippen LogP contribution in [-0.4, -0.2) is 102 Å². The first kappa shape index (κ1) is 36.1. The van der Waals surface area contributed by atoms with E-state index in [1.165, 1.54) is 12.2 Å². The maximum absolute atomic E-state index is 10.5. The summed E-state index contributed by atoms with van der Waals surface area (Å²) < 4.78 is 30.0. The molecule has 0 aromatic rings. The number of hydrogen-bond donors (Lipinski definition) is 6. The summed E-state index contributed by atoms with van der Waals surface area (Å²) >= 11 is -0.777. The Morgan fingerprint density at radius 2 is 1.21 bits per heavy atom. The summed E-state index contributed by atoms with van der Waals surface area (Å²) in [5, 5.41) is 2.10. The molecule has 6 N–H and O–H groups in total. The van der Waals surface area contributed by atoms with Crippen LogP contribution >= 0.6 is 15.6 Å². The first-order valence-corrected chi connectivity index (χ1v) is 16.5. The first-order chi connectivity index (χ1) is 12.4. The van der Waals surface area contributed by atoms with Crippen LogP contribution in [0, 0.1) is 0 Å². The Bertz CT molecular complexity index is 482. The zero-order valence-corrected chi connectivity index (χ0v) is 21.6. The van der Waals surface area contributed by atoms with Crippen LogP contribution in [0.4, 0.5) is 0 Å². The van der Waals surface area contributed by atoms with Gasteiger partial charge in [0.1, 0.15) is 0 Å². The van der Waals surface area contributed by atoms with Crippen LogP contribution in [0.3, 0.4) is 0 Å². The van der Waals surface area contributed by atoms with E-state index < -0.39 is 49.5 Å². The van der Waals surface area contributed by atoms with Crippen molar-refractivity contribution in [1.82, 2.24) is 0 Å². The van der Waals surface area contributed by atoms with Gasteiger partial charge < -0.3 is 34.1 Å². The fraction of sp³-hybridized carbons (Fsp3) is 0.500. The Labute approximate surface area is 191 Å². The quantitative estimate of drug-likeness (QED) is 0.124. The Balaban J connectivity index is -0.000000143. The van der Waals surface area contributed by atoms with Gasteiger partial charge in [0.25, 0.3) is 0 Å². The van der Waals surface area contributed by atoms with Crippen molar-refractivity contribution in [2.75, 3.05) is 0 Å². The van der Waals surface area contributed by atoms with Gasteiger partial charge in [-0.3, -0.25) is 0 Å². The maximum atomic E-state index is 10.5. The summed E-state index contributed by atoms with van der Waals surface area (Å²) in [6.45, 7) is 10.4. The molecule has 2 atom stereocenters. The second-order valence-electron chi connectivity index (χ2n) is 4.75. The van der Waals surface area contributed by atoms with Gasteiger partial charge in [0.05, 0.1) is 0 Å². The molecule has 12 nitrogen and oxygen atoms in total. The van der Waals surface area contributed by atoms with E-state index in [9.17, 15) is 9.59 Å². The predicted molar refractivity (Wildman–Crippen MR) is 103 cm³/mol. The topological polar surface area (TPSA) is 208 Å². The molecule has 16 heteroatoms. The molecule has 160 valence electrons. The van der Waals surface area contributed by atoms with E-state index in [-0.39, 0.29) is 38.7 Å². The van der Waals surface area contributed by atoms with Crippen molar-refractivity contribution < 1.29 is 57.6 Å². The molecule has 0 aromatic carbocycles. The number of hydrogen-bond acceptors (Lipinski definition) is 6. The summed E-state index contributed by atoms with van der Waals surface area (Å²) in [4.78, 5) is 64.1. The van der Waals surface area contributed by atoms with Gasteiger partial charge in [-0.05, 0) is 4.23 Å². The van der Waals surface area contributed by atoms with E-state index in [0.29, 0.717) is 0 Å². The summed E-state index contributed by atoms with van der Waals surface area (Å²) in [5.74, 6) is -0.605. The third kappa shape index (κ3) is 63.2. The summed E-state index contributed by atoms with van der Waals surface area (Å²) in [6.07, 6.45) is 2.40. The first-order valence-electron chi connectivity index (χ1n) is 7.63. The molecule has 0 saturated carbocycles. The molecule has 0 fully saturated rings. The van der Waals surface area contributed by atoms with Crippen LogP contribution in [0.15, 0.2) is 25.3 Å². The standard InChI is InChI=1S/2C5H7O2.2CH3.Ca.Mg.2H3O4P/c2*1-3-5(6)7-4-2;;;;;2*1-5(2,3)4/h2*3-4H,1H2,2H3;2*1H3;;;2*(H3,1,2,3,4). The van der Waals surface area contributed by atoms with Crippen LogP contribution in [0.5, 0.6) is 0 Å². The molecule has 0 radical (unpaired) electrons. The normalized spacial score (nSPS) is 11.5. The zero-order chi connectivity index (χ0) is 23.6. The fourth-order valence-electron chi connectivity index (χ4n) is 0.659. The zero-order valence-electron chi connectivity index (χ0n) is 16.2. The summed E-state index contributed by atoms with van der Waals surface area (Å²) in [5.41, 5.74) is 0. The Morgan fingerprint density at radius 1 is 0.929 bits per heavy atom. The fourth-order valence-corrected chi connectivity index (χ4v) is 1.51. The number of ether oxygens (including phenoxy) is 2. The van der Waals surface area contributed by atoms with Crippen molar-refractivity contribution in [1.29, 1.82) is 0 Å². The van der Waals surface area contributed by atoms with Crippen LogP contribution in [-0.2, 0) is 28.2 Å². The van der Waals surface area contributed by atoms with Crippen molar-refractivity contribution >= 4 is 81.8 Å². The number of esters is 2. The second kappa shape index (κ2) is 20.9. The minimum atomic E-state index is -4.64. The molecule has 0 heterocycles. The summed E-state index contributed by atoms with van der Waals surface area (Å²) in [7, 11) is -9.28. The average Bonchev–Trinajstić information content (AvgIpc) is 2.51. The minimum absolute atomic E-state index is 0.149. The predicted octanol–water partition coefficient (Wildman–Crippen LogP) is -0.229. The molecule has 0 bridgehead atoms. The van der Waals surface area contributed by atoms with Gasteiger partial charge in [0.2, 0.25) is 0 Å². The van der Waals surface area contributed by atoms with E-state index >= 15 is 0 Å². The monoisotopic (exact) mass is 488 g/mol. The molecular formula is C12H26CaMgO12P2. The van der Waals surface area contributed by atoms with Gasteiger partial charge in [-0.1, -0.05) is 13.5 Å². The Morgan fingerprint density at radius 3 is 1.43 bits per heavy atom. The number of carbonyl (C=O) groups excluding carboxylic acids is 2. The number of carbonyl (C=O) groups is 2. The largest absolute Gasteiger partial charge is 0.489 e. The van der Waals surface area contributed by atoms with Crippen LogP contribution < -0.4 is 0 Å². The van der Waals surface area contributed by atoms with Gasteiger partial charge in [0.15, 0.2) is 0 Å². The summed E-state index contributed by atoms with van der Waals surface area (Å²) in [6, 6.07) is 0. The van der Waals surface area contributed by atoms with Crippen molar-refractivity contribution in [2.24, 2.45) is 0 Å². The second-order valence-corrected chi connectivity index (χ2v) is 11.8. The Kier molecular flexibility index (Phi) is 26.9. The van der Waals surface area contributed by atoms with E-state index in [0.717, 1.165) is 0 Å². The molecule has 0 amide bonds. The molecule has 0 aliphatic rings. The smallest absolute Gasteiger partial charge is 0.466 e. The molecule has 0 saturated heterocycles. The maximum Gasteiger partial charge on any atom is 0.466 e. The molecule has 2 unspecified atom stereocenters. The van der Waals surface area contributed by atoms with Crippen molar-refractivity contribution in [3.8, 4) is 0 Å². The van der Waals surface area contributed by atoms with Gasteiger partial charge in [0, 0.05) is 6.08 Å². The third-order valence-electron chi connectivity index (χ3n) is 2.12. The average molecular weight is 489 g/mol. The minimum Gasteiger partial charge on any atom is -0.489 e. The van der Waals surface area contributed by atoms with Crippen LogP contribution in [0.1, 0.15) is 13.8 Å². The molecule has 0 aromatic heterocycles. The van der Waals surface area contributed by atoms with Crippen molar-refractivity contribution in [3.63, 3.8) is 0 Å². The van der Waals surface area contributed by atoms with E-state index in [4.69, 9.17) is 48.0 Å². The SMILES string of the molecule is C=CC(=O)O[CH](C)[Ca][CH3].C=CC(=O)O[CH](C)[Mg][CH3].O=P(O)(O)O.O=P(O)(O)O. The van der Waals surface area contributed by atoms with E-state index in [1.807, 2.05) is 13.8 Å². The Hall–Kier alpha value is 0.666. The van der Waals surface area contributed by atoms with E-state index in [1.54, 1.807) is 0 Å². The molecule has 0 rings (SSSR count). The molecule has 0 aliphatic carbocycles. The van der Waals surface area contributed by atoms with Crippen molar-refractivity contribution in [3.05, 3.63) is 25.3 Å². The van der Waals surface area contributed by atoms with Crippen LogP contribution in [0.2, 0.25) is 8.07 Å². The number of rotatable bonds is 6. The van der Waals surface area contributed by atoms with Gasteiger partial charge >= 0.3 is 116 Å². The van der Waals surface area contributed by atoms with Gasteiger partial charge in [-0.2, -0.15) is 5.05 Å². The molecule has 0 spiro atoms.